The number of carbonyl (C=O) groups is 1. The van der Waals surface area contributed by atoms with Crippen molar-refractivity contribution in [1.29, 1.82) is 0 Å². The molecule has 3 atom stereocenters. The first-order valence-electron chi connectivity index (χ1n) is 6.34. The van der Waals surface area contributed by atoms with Crippen molar-refractivity contribution in [2.45, 2.75) is 19.8 Å². The summed E-state index contributed by atoms with van der Waals surface area (Å²) in [6.45, 7) is 2.09. The van der Waals surface area contributed by atoms with Gasteiger partial charge < -0.3 is 5.32 Å². The smallest absolute Gasteiger partial charge is 0.230 e. The Hall–Kier alpha value is -1.09. The van der Waals surface area contributed by atoms with Crippen molar-refractivity contribution in [3.8, 4) is 0 Å². The predicted octanol–water partition coefficient (Wildman–Crippen LogP) is 3.99. The molecule has 0 radical (unpaired) electrons. The lowest BCUT2D eigenvalue weighted by Gasteiger charge is -2.30. The van der Waals surface area contributed by atoms with E-state index in [0.717, 1.165) is 23.0 Å². The van der Waals surface area contributed by atoms with Gasteiger partial charge in [0.1, 0.15) is 0 Å². The van der Waals surface area contributed by atoms with E-state index in [1.54, 1.807) is 0 Å². The van der Waals surface area contributed by atoms with Crippen molar-refractivity contribution >= 4 is 27.5 Å². The highest BCUT2D eigenvalue weighted by atomic mass is 79.9. The molecule has 1 N–H and O–H groups in total. The lowest BCUT2D eigenvalue weighted by atomic mass is 9.77. The number of rotatable bonds is 2. The molecule has 1 aromatic rings. The fraction of sp³-hybridized carbons (Fsp3) is 0.400. The van der Waals surface area contributed by atoms with Gasteiger partial charge in [0.2, 0.25) is 5.91 Å². The van der Waals surface area contributed by atoms with Crippen LogP contribution in [-0.2, 0) is 4.79 Å². The fourth-order valence-corrected chi connectivity index (χ4v) is 3.57. The number of hydrogen-bond donors (Lipinski definition) is 1. The first-order valence-corrected chi connectivity index (χ1v) is 7.13. The Balaban J connectivity index is 1.80. The van der Waals surface area contributed by atoms with Gasteiger partial charge in [0.15, 0.2) is 0 Å². The van der Waals surface area contributed by atoms with Gasteiger partial charge in [-0.15, -0.1) is 0 Å². The zero-order chi connectivity index (χ0) is 12.8. The molecule has 0 unspecified atom stereocenters. The Morgan fingerprint density at radius 1 is 1.39 bits per heavy atom. The van der Waals surface area contributed by atoms with Gasteiger partial charge in [-0.05, 0) is 52.7 Å². The van der Waals surface area contributed by atoms with Crippen molar-refractivity contribution < 1.29 is 4.79 Å². The summed E-state index contributed by atoms with van der Waals surface area (Å²) in [6, 6.07) is 7.75. The topological polar surface area (TPSA) is 29.1 Å². The van der Waals surface area contributed by atoms with Gasteiger partial charge in [-0.25, -0.2) is 0 Å². The van der Waals surface area contributed by atoms with Crippen LogP contribution in [0.1, 0.15) is 19.8 Å². The predicted molar refractivity (Wildman–Crippen MR) is 76.2 cm³/mol. The molecule has 1 saturated carbocycles. The number of para-hydroxylation sites is 1. The van der Waals surface area contributed by atoms with Crippen molar-refractivity contribution in [1.82, 2.24) is 0 Å². The van der Waals surface area contributed by atoms with E-state index >= 15 is 0 Å². The minimum absolute atomic E-state index is 0.145. The van der Waals surface area contributed by atoms with Crippen LogP contribution in [0.5, 0.6) is 0 Å². The number of allylic oxidation sites excluding steroid dienone is 2. The van der Waals surface area contributed by atoms with Crippen LogP contribution in [-0.4, -0.2) is 5.91 Å². The normalized spacial score (nSPS) is 32.8. The van der Waals surface area contributed by atoms with E-state index in [4.69, 9.17) is 0 Å². The Kier molecular flexibility index (Phi) is 2.81. The van der Waals surface area contributed by atoms with E-state index < -0.39 is 0 Å². The number of halogens is 1. The molecule has 2 bridgehead atoms. The van der Waals surface area contributed by atoms with Crippen LogP contribution >= 0.6 is 15.9 Å². The molecule has 94 valence electrons. The van der Waals surface area contributed by atoms with Crippen LogP contribution in [0.2, 0.25) is 0 Å². The van der Waals surface area contributed by atoms with Crippen LogP contribution in [0.25, 0.3) is 0 Å². The molecule has 3 heteroatoms. The third-order valence-electron chi connectivity index (χ3n) is 4.32. The maximum Gasteiger partial charge on any atom is 0.230 e. The average Bonchev–Trinajstić information content (AvgIpc) is 2.92. The lowest BCUT2D eigenvalue weighted by Crippen LogP contribution is -2.37. The number of hydrogen-bond acceptors (Lipinski definition) is 1. The zero-order valence-electron chi connectivity index (χ0n) is 10.3. The molecule has 0 heterocycles. The molecule has 0 aromatic heterocycles. The molecular formula is C15H16BrNO. The molecule has 0 spiro atoms. The Morgan fingerprint density at radius 3 is 2.78 bits per heavy atom. The van der Waals surface area contributed by atoms with E-state index in [1.165, 1.54) is 0 Å². The van der Waals surface area contributed by atoms with Gasteiger partial charge in [-0.3, -0.25) is 4.79 Å². The van der Waals surface area contributed by atoms with E-state index in [9.17, 15) is 4.79 Å². The first kappa shape index (κ1) is 12.0. The van der Waals surface area contributed by atoms with Crippen LogP contribution < -0.4 is 5.32 Å². The summed E-state index contributed by atoms with van der Waals surface area (Å²) in [5.74, 6) is 1.15. The van der Waals surface area contributed by atoms with Crippen LogP contribution in [0.4, 0.5) is 5.69 Å². The molecular weight excluding hydrogens is 290 g/mol. The second-order valence-electron chi connectivity index (χ2n) is 5.54. The largest absolute Gasteiger partial charge is 0.325 e. The summed E-state index contributed by atoms with van der Waals surface area (Å²) in [5.41, 5.74) is 0.616. The third kappa shape index (κ3) is 1.81. The standard InChI is InChI=1S/C15H16BrNO/c1-15(9-10-6-7-11(15)8-10)14(18)17-13-5-3-2-4-12(13)16/h2-7,10-11H,8-9H2,1H3,(H,17,18)/t10-,11-,15+/m0/s1. The number of fused-ring (bicyclic) bond motifs is 2. The summed E-state index contributed by atoms with van der Waals surface area (Å²) < 4.78 is 0.931. The highest BCUT2D eigenvalue weighted by molar-refractivity contribution is 9.10. The average molecular weight is 306 g/mol. The Labute approximate surface area is 116 Å². The second kappa shape index (κ2) is 4.23. The maximum absolute atomic E-state index is 12.5. The molecule has 3 rings (SSSR count). The van der Waals surface area contributed by atoms with Crippen molar-refractivity contribution in [2.24, 2.45) is 17.3 Å². The van der Waals surface area contributed by atoms with Gasteiger partial charge in [0, 0.05) is 4.47 Å². The summed E-state index contributed by atoms with van der Waals surface area (Å²) in [6.07, 6.45) is 6.59. The van der Waals surface area contributed by atoms with Crippen LogP contribution in [0, 0.1) is 17.3 Å². The Morgan fingerprint density at radius 2 is 2.17 bits per heavy atom. The molecule has 0 saturated heterocycles. The Bertz CT molecular complexity index is 525. The number of anilines is 1. The zero-order valence-corrected chi connectivity index (χ0v) is 11.9. The molecule has 2 aliphatic rings. The molecule has 2 nitrogen and oxygen atoms in total. The first-order chi connectivity index (χ1) is 8.59. The quantitative estimate of drug-likeness (QED) is 0.822. The van der Waals surface area contributed by atoms with E-state index in [2.05, 4.69) is 40.3 Å². The molecule has 0 aliphatic heterocycles. The molecule has 2 aliphatic carbocycles. The minimum Gasteiger partial charge on any atom is -0.325 e. The van der Waals surface area contributed by atoms with Gasteiger partial charge in [-0.2, -0.15) is 0 Å². The SMILES string of the molecule is C[C@@]1(C(=O)Nc2ccccc2Br)C[C@H]2C=C[C@H]1C2. The van der Waals surface area contributed by atoms with Crippen molar-refractivity contribution in [3.63, 3.8) is 0 Å². The number of carbonyl (C=O) groups excluding carboxylic acids is 1. The summed E-state index contributed by atoms with van der Waals surface area (Å²) in [4.78, 5) is 12.5. The maximum atomic E-state index is 12.5. The van der Waals surface area contributed by atoms with Crippen molar-refractivity contribution in [3.05, 3.63) is 40.9 Å². The van der Waals surface area contributed by atoms with E-state index in [0.29, 0.717) is 11.8 Å². The summed E-state index contributed by atoms with van der Waals surface area (Å²) in [5, 5.41) is 3.06. The summed E-state index contributed by atoms with van der Waals surface area (Å²) >= 11 is 3.46. The third-order valence-corrected chi connectivity index (χ3v) is 5.01. The molecule has 18 heavy (non-hydrogen) atoms. The minimum atomic E-state index is -0.241. The lowest BCUT2D eigenvalue weighted by molar-refractivity contribution is -0.126. The van der Waals surface area contributed by atoms with Gasteiger partial charge in [0.05, 0.1) is 11.1 Å². The molecule has 1 amide bonds. The van der Waals surface area contributed by atoms with Crippen molar-refractivity contribution in [2.75, 3.05) is 5.32 Å². The van der Waals surface area contributed by atoms with E-state index in [-0.39, 0.29) is 11.3 Å². The van der Waals surface area contributed by atoms with Crippen LogP contribution in [0.3, 0.4) is 0 Å². The van der Waals surface area contributed by atoms with Crippen LogP contribution in [0.15, 0.2) is 40.9 Å². The number of amides is 1. The molecule has 1 aromatic carbocycles. The van der Waals surface area contributed by atoms with Gasteiger partial charge >= 0.3 is 0 Å². The van der Waals surface area contributed by atoms with E-state index in [1.807, 2.05) is 24.3 Å². The highest BCUT2D eigenvalue weighted by Crippen LogP contribution is 2.52. The number of benzene rings is 1. The molecule has 1 fully saturated rings. The van der Waals surface area contributed by atoms with Gasteiger partial charge in [0.25, 0.3) is 0 Å². The van der Waals surface area contributed by atoms with Gasteiger partial charge in [-0.1, -0.05) is 31.2 Å². The second-order valence-corrected chi connectivity index (χ2v) is 6.40. The number of nitrogens with one attached hydrogen (secondary N) is 1. The fourth-order valence-electron chi connectivity index (χ4n) is 3.18. The highest BCUT2D eigenvalue weighted by Gasteiger charge is 2.49. The summed E-state index contributed by atoms with van der Waals surface area (Å²) in [7, 11) is 0. The monoisotopic (exact) mass is 305 g/mol.